The number of aromatic nitrogens is 2. The van der Waals surface area contributed by atoms with Gasteiger partial charge >= 0.3 is 6.36 Å². The third-order valence-corrected chi connectivity index (χ3v) is 2.75. The summed E-state index contributed by atoms with van der Waals surface area (Å²) in [6.07, 6.45) is -3.04. The minimum Gasteiger partial charge on any atom is -0.406 e. The Balaban J connectivity index is 2.04. The van der Waals surface area contributed by atoms with E-state index in [-0.39, 0.29) is 11.8 Å². The van der Waals surface area contributed by atoms with Gasteiger partial charge in [0.15, 0.2) is 0 Å². The van der Waals surface area contributed by atoms with Crippen molar-refractivity contribution < 1.29 is 17.9 Å². The normalized spacial score (nSPS) is 12.8. The average molecular weight is 297 g/mol. The number of hydrogen-bond acceptors (Lipinski definition) is 4. The summed E-state index contributed by atoms with van der Waals surface area (Å²) in [7, 11) is 0. The van der Waals surface area contributed by atoms with Crippen LogP contribution in [0.25, 0.3) is 0 Å². The molecule has 4 nitrogen and oxygen atoms in total. The van der Waals surface area contributed by atoms with E-state index < -0.39 is 6.36 Å². The molecule has 0 aliphatic rings. The number of aryl methyl sites for hydroxylation is 1. The summed E-state index contributed by atoms with van der Waals surface area (Å²) < 4.78 is 40.0. The van der Waals surface area contributed by atoms with Crippen molar-refractivity contribution in [3.8, 4) is 5.75 Å². The Labute approximate surface area is 120 Å². The number of hydrogen-bond donors (Lipinski definition) is 1. The van der Waals surface area contributed by atoms with Crippen LogP contribution in [-0.2, 0) is 0 Å². The highest BCUT2D eigenvalue weighted by molar-refractivity contribution is 5.34. The summed E-state index contributed by atoms with van der Waals surface area (Å²) in [5.41, 5.74) is 1.63. The third-order valence-electron chi connectivity index (χ3n) is 2.75. The Hall–Kier alpha value is -2.31. The van der Waals surface area contributed by atoms with E-state index in [1.807, 2.05) is 13.8 Å². The molecule has 0 saturated carbocycles. The number of rotatable bonds is 4. The highest BCUT2D eigenvalue weighted by Gasteiger charge is 2.31. The minimum absolute atomic E-state index is 0.147. The Bertz CT molecular complexity index is 599. The van der Waals surface area contributed by atoms with E-state index in [1.54, 1.807) is 24.4 Å². The van der Waals surface area contributed by atoms with Crippen LogP contribution >= 0.6 is 0 Å². The molecule has 0 radical (unpaired) electrons. The lowest BCUT2D eigenvalue weighted by molar-refractivity contribution is -0.274. The Kier molecular flexibility index (Phi) is 4.30. The van der Waals surface area contributed by atoms with Gasteiger partial charge in [-0.25, -0.2) is 9.97 Å². The van der Waals surface area contributed by atoms with Crippen LogP contribution in [0.15, 0.2) is 36.5 Å². The van der Waals surface area contributed by atoms with Gasteiger partial charge in [-0.15, -0.1) is 13.2 Å². The molecule has 0 saturated heterocycles. The summed E-state index contributed by atoms with van der Waals surface area (Å²) >= 11 is 0. The molecule has 2 rings (SSSR count). The molecule has 2 aromatic rings. The van der Waals surface area contributed by atoms with E-state index in [1.165, 1.54) is 12.1 Å². The van der Waals surface area contributed by atoms with Crippen LogP contribution in [0, 0.1) is 6.92 Å². The van der Waals surface area contributed by atoms with Gasteiger partial charge in [0.2, 0.25) is 5.95 Å². The van der Waals surface area contributed by atoms with Crippen LogP contribution in [0.4, 0.5) is 19.1 Å². The van der Waals surface area contributed by atoms with Gasteiger partial charge in [0, 0.05) is 11.9 Å². The van der Waals surface area contributed by atoms with Crippen molar-refractivity contribution in [2.75, 3.05) is 5.32 Å². The van der Waals surface area contributed by atoms with E-state index in [9.17, 15) is 13.2 Å². The van der Waals surface area contributed by atoms with Crippen molar-refractivity contribution in [2.45, 2.75) is 26.3 Å². The molecule has 1 heterocycles. The first-order valence-corrected chi connectivity index (χ1v) is 6.25. The van der Waals surface area contributed by atoms with Gasteiger partial charge in [0.25, 0.3) is 0 Å². The van der Waals surface area contributed by atoms with Crippen molar-refractivity contribution in [1.29, 1.82) is 0 Å². The lowest BCUT2D eigenvalue weighted by Gasteiger charge is -2.15. The van der Waals surface area contributed by atoms with E-state index in [4.69, 9.17) is 0 Å². The molecule has 1 atom stereocenters. The maximum absolute atomic E-state index is 12.1. The van der Waals surface area contributed by atoms with Gasteiger partial charge < -0.3 is 10.1 Å². The molecule has 0 bridgehead atoms. The van der Waals surface area contributed by atoms with Gasteiger partial charge in [-0.05, 0) is 37.6 Å². The summed E-state index contributed by atoms with van der Waals surface area (Å²) in [4.78, 5) is 8.28. The summed E-state index contributed by atoms with van der Waals surface area (Å²) in [6, 6.07) is 7.31. The first kappa shape index (κ1) is 15.1. The largest absolute Gasteiger partial charge is 0.573 e. The molecule has 1 N–H and O–H groups in total. The fourth-order valence-electron chi connectivity index (χ4n) is 1.75. The molecule has 7 heteroatoms. The number of ether oxygens (including phenoxy) is 1. The van der Waals surface area contributed by atoms with Gasteiger partial charge in [-0.2, -0.15) is 0 Å². The van der Waals surface area contributed by atoms with E-state index in [0.717, 1.165) is 11.3 Å². The second-order valence-corrected chi connectivity index (χ2v) is 4.50. The van der Waals surface area contributed by atoms with Crippen LogP contribution in [0.3, 0.4) is 0 Å². The number of halogens is 3. The molecule has 0 spiro atoms. The Morgan fingerprint density at radius 2 is 1.81 bits per heavy atom. The fraction of sp³-hybridized carbons (Fsp3) is 0.286. The number of nitrogens with zero attached hydrogens (tertiary/aromatic N) is 2. The van der Waals surface area contributed by atoms with Crippen molar-refractivity contribution in [3.05, 3.63) is 47.8 Å². The van der Waals surface area contributed by atoms with Crippen LogP contribution < -0.4 is 10.1 Å². The predicted octanol–water partition coefficient (Wildman–Crippen LogP) is 3.86. The van der Waals surface area contributed by atoms with Crippen molar-refractivity contribution in [3.63, 3.8) is 0 Å². The number of benzene rings is 1. The maximum Gasteiger partial charge on any atom is 0.573 e. The molecule has 0 unspecified atom stereocenters. The van der Waals surface area contributed by atoms with Gasteiger partial charge in [0.05, 0.1) is 6.04 Å². The quantitative estimate of drug-likeness (QED) is 0.931. The SMILES string of the molecule is Cc1ccnc(N[C@@H](C)c2ccc(OC(F)(F)F)cc2)n1. The first-order valence-electron chi connectivity index (χ1n) is 6.25. The molecule has 1 aromatic carbocycles. The molecule has 0 aliphatic heterocycles. The Morgan fingerprint density at radius 1 is 1.14 bits per heavy atom. The van der Waals surface area contributed by atoms with Gasteiger partial charge in [0.1, 0.15) is 5.75 Å². The van der Waals surface area contributed by atoms with E-state index in [2.05, 4.69) is 20.0 Å². The second kappa shape index (κ2) is 5.99. The fourth-order valence-corrected chi connectivity index (χ4v) is 1.75. The topological polar surface area (TPSA) is 47.0 Å². The minimum atomic E-state index is -4.68. The molecule has 0 amide bonds. The number of nitrogens with one attached hydrogen (secondary N) is 1. The highest BCUT2D eigenvalue weighted by Crippen LogP contribution is 2.25. The van der Waals surface area contributed by atoms with Crippen molar-refractivity contribution in [2.24, 2.45) is 0 Å². The molecule has 21 heavy (non-hydrogen) atoms. The smallest absolute Gasteiger partial charge is 0.406 e. The lowest BCUT2D eigenvalue weighted by atomic mass is 10.1. The molecule has 0 aliphatic carbocycles. The zero-order chi connectivity index (χ0) is 15.5. The third kappa shape index (κ3) is 4.62. The maximum atomic E-state index is 12.1. The van der Waals surface area contributed by atoms with Crippen molar-refractivity contribution in [1.82, 2.24) is 9.97 Å². The van der Waals surface area contributed by atoms with E-state index in [0.29, 0.717) is 5.95 Å². The van der Waals surface area contributed by atoms with Crippen molar-refractivity contribution >= 4 is 5.95 Å². The summed E-state index contributed by atoms with van der Waals surface area (Å²) in [5.74, 6) is 0.225. The Morgan fingerprint density at radius 3 is 2.38 bits per heavy atom. The zero-order valence-corrected chi connectivity index (χ0v) is 11.5. The summed E-state index contributed by atoms with van der Waals surface area (Å²) in [5, 5.41) is 3.08. The van der Waals surface area contributed by atoms with Crippen LogP contribution in [0.2, 0.25) is 0 Å². The highest BCUT2D eigenvalue weighted by atomic mass is 19.4. The summed E-state index contributed by atoms with van der Waals surface area (Å²) in [6.45, 7) is 3.71. The van der Waals surface area contributed by atoms with Crippen LogP contribution in [-0.4, -0.2) is 16.3 Å². The molecular weight excluding hydrogens is 283 g/mol. The standard InChI is InChI=1S/C14H14F3N3O/c1-9-7-8-18-13(19-9)20-10(2)11-3-5-12(6-4-11)21-14(15,16)17/h3-8,10H,1-2H3,(H,18,19,20)/t10-/m0/s1. The van der Waals surface area contributed by atoms with Crippen LogP contribution in [0.5, 0.6) is 5.75 Å². The second-order valence-electron chi connectivity index (χ2n) is 4.50. The first-order chi connectivity index (χ1) is 9.83. The monoisotopic (exact) mass is 297 g/mol. The number of alkyl halides is 3. The molecule has 1 aromatic heterocycles. The molecular formula is C14H14F3N3O. The van der Waals surface area contributed by atoms with Crippen LogP contribution in [0.1, 0.15) is 24.2 Å². The molecule has 112 valence electrons. The average Bonchev–Trinajstić information content (AvgIpc) is 2.37. The molecule has 0 fully saturated rings. The van der Waals surface area contributed by atoms with Gasteiger partial charge in [-0.1, -0.05) is 12.1 Å². The van der Waals surface area contributed by atoms with E-state index >= 15 is 0 Å². The zero-order valence-electron chi connectivity index (χ0n) is 11.5. The predicted molar refractivity (Wildman–Crippen MR) is 71.9 cm³/mol. The number of anilines is 1. The lowest BCUT2D eigenvalue weighted by Crippen LogP contribution is -2.17. The van der Waals surface area contributed by atoms with Gasteiger partial charge in [-0.3, -0.25) is 0 Å².